The molecule has 1 aliphatic heterocycles. The minimum atomic E-state index is -2.77. The number of alkyl halides is 3. The molecule has 1 nitrogen and oxygen atoms in total. The van der Waals surface area contributed by atoms with Crippen LogP contribution in [0, 0.1) is 5.92 Å². The molecule has 0 aliphatic carbocycles. The van der Waals surface area contributed by atoms with Crippen LogP contribution in [-0.2, 0) is 5.92 Å². The number of rotatable bonds is 5. The van der Waals surface area contributed by atoms with Crippen LogP contribution in [0.15, 0.2) is 30.3 Å². The summed E-state index contributed by atoms with van der Waals surface area (Å²) in [5.41, 5.74) is 0.103. The third-order valence-corrected chi connectivity index (χ3v) is 3.72. The summed E-state index contributed by atoms with van der Waals surface area (Å²) in [6, 6.07) is 8.05. The van der Waals surface area contributed by atoms with Gasteiger partial charge in [0.2, 0.25) is 0 Å². The topological polar surface area (TPSA) is 3.24 Å². The van der Waals surface area contributed by atoms with Gasteiger partial charge < -0.3 is 0 Å². The molecule has 0 N–H and O–H groups in total. The highest BCUT2D eigenvalue weighted by molar-refractivity contribution is 6.17. The van der Waals surface area contributed by atoms with Gasteiger partial charge in [-0.25, -0.2) is 0 Å². The molecular formula is C14H18ClF2N. The van der Waals surface area contributed by atoms with Crippen molar-refractivity contribution in [1.29, 1.82) is 0 Å². The number of hydrogen-bond acceptors (Lipinski definition) is 1. The van der Waals surface area contributed by atoms with Gasteiger partial charge in [-0.05, 0) is 25.3 Å². The van der Waals surface area contributed by atoms with E-state index in [0.717, 1.165) is 25.9 Å². The van der Waals surface area contributed by atoms with Gasteiger partial charge in [-0.1, -0.05) is 30.3 Å². The molecule has 1 heterocycles. The third-order valence-electron chi connectivity index (χ3n) is 3.51. The first-order chi connectivity index (χ1) is 8.62. The van der Waals surface area contributed by atoms with Gasteiger partial charge in [0, 0.05) is 18.0 Å². The largest absolute Gasteiger partial charge is 0.297 e. The predicted molar refractivity (Wildman–Crippen MR) is 70.2 cm³/mol. The number of benzene rings is 1. The highest BCUT2D eigenvalue weighted by Crippen LogP contribution is 2.31. The summed E-state index contributed by atoms with van der Waals surface area (Å²) in [7, 11) is 0. The molecule has 100 valence electrons. The molecule has 0 bridgehead atoms. The average Bonchev–Trinajstić information content (AvgIpc) is 2.77. The quantitative estimate of drug-likeness (QED) is 0.739. The van der Waals surface area contributed by atoms with Gasteiger partial charge in [-0.3, -0.25) is 4.90 Å². The number of likely N-dealkylation sites (tertiary alicyclic amines) is 1. The maximum atomic E-state index is 14.1. The molecule has 0 spiro atoms. The maximum Gasteiger partial charge on any atom is 0.285 e. The van der Waals surface area contributed by atoms with Crippen LogP contribution in [0.3, 0.4) is 0 Å². The highest BCUT2D eigenvalue weighted by atomic mass is 35.5. The Labute approximate surface area is 112 Å². The van der Waals surface area contributed by atoms with Gasteiger partial charge in [-0.15, -0.1) is 11.6 Å². The van der Waals surface area contributed by atoms with Gasteiger partial charge >= 0.3 is 0 Å². The molecule has 0 saturated carbocycles. The number of hydrogen-bond donors (Lipinski definition) is 0. The first-order valence-corrected chi connectivity index (χ1v) is 6.87. The van der Waals surface area contributed by atoms with E-state index in [1.165, 1.54) is 12.1 Å². The van der Waals surface area contributed by atoms with Crippen LogP contribution in [0.4, 0.5) is 8.78 Å². The van der Waals surface area contributed by atoms with Crippen molar-refractivity contribution >= 4 is 11.6 Å². The predicted octanol–water partition coefficient (Wildman–Crippen LogP) is 3.73. The van der Waals surface area contributed by atoms with Gasteiger partial charge in [0.15, 0.2) is 0 Å². The Kier molecular flexibility index (Phi) is 4.57. The molecule has 1 atom stereocenters. The smallest absolute Gasteiger partial charge is 0.285 e. The Morgan fingerprint density at radius 3 is 2.67 bits per heavy atom. The van der Waals surface area contributed by atoms with Crippen molar-refractivity contribution in [2.24, 2.45) is 5.92 Å². The Balaban J connectivity index is 1.93. The van der Waals surface area contributed by atoms with E-state index in [9.17, 15) is 8.78 Å². The van der Waals surface area contributed by atoms with Gasteiger partial charge in [-0.2, -0.15) is 8.78 Å². The summed E-state index contributed by atoms with van der Waals surface area (Å²) < 4.78 is 28.1. The average molecular weight is 274 g/mol. The first kappa shape index (κ1) is 13.8. The monoisotopic (exact) mass is 273 g/mol. The molecule has 2 rings (SSSR count). The minimum absolute atomic E-state index is 0.103. The second-order valence-corrected chi connectivity index (χ2v) is 5.32. The molecular weight excluding hydrogens is 256 g/mol. The Hall–Kier alpha value is -0.670. The van der Waals surface area contributed by atoms with Crippen molar-refractivity contribution < 1.29 is 8.78 Å². The fourth-order valence-electron chi connectivity index (χ4n) is 2.50. The van der Waals surface area contributed by atoms with Gasteiger partial charge in [0.1, 0.15) is 0 Å². The van der Waals surface area contributed by atoms with Crippen molar-refractivity contribution in [2.45, 2.75) is 18.8 Å². The van der Waals surface area contributed by atoms with Crippen LogP contribution in [0.25, 0.3) is 0 Å². The molecule has 1 aromatic rings. The van der Waals surface area contributed by atoms with E-state index in [-0.39, 0.29) is 12.1 Å². The van der Waals surface area contributed by atoms with Crippen molar-refractivity contribution in [3.8, 4) is 0 Å². The number of nitrogens with zero attached hydrogens (tertiary/aromatic N) is 1. The summed E-state index contributed by atoms with van der Waals surface area (Å²) in [6.45, 7) is 1.31. The lowest BCUT2D eigenvalue weighted by Crippen LogP contribution is -2.33. The van der Waals surface area contributed by atoms with Gasteiger partial charge in [0.25, 0.3) is 5.92 Å². The standard InChI is InChI=1S/C14H18ClF2N/c15-8-6-12-7-9-18(10-12)11-14(16,17)13-4-2-1-3-5-13/h1-5,12H,6-11H2. The fourth-order valence-corrected chi connectivity index (χ4v) is 2.81. The van der Waals surface area contributed by atoms with Crippen LogP contribution in [0.1, 0.15) is 18.4 Å². The van der Waals surface area contributed by atoms with Crippen molar-refractivity contribution in [3.05, 3.63) is 35.9 Å². The molecule has 1 unspecified atom stereocenters. The van der Waals surface area contributed by atoms with E-state index in [1.54, 1.807) is 18.2 Å². The molecule has 0 radical (unpaired) electrons. The minimum Gasteiger partial charge on any atom is -0.297 e. The van der Waals surface area contributed by atoms with Crippen LogP contribution in [-0.4, -0.2) is 30.4 Å². The van der Waals surface area contributed by atoms with Crippen LogP contribution in [0.2, 0.25) is 0 Å². The fraction of sp³-hybridized carbons (Fsp3) is 0.571. The van der Waals surface area contributed by atoms with Crippen molar-refractivity contribution in [1.82, 2.24) is 4.90 Å². The molecule has 0 aromatic heterocycles. The van der Waals surface area contributed by atoms with Crippen molar-refractivity contribution in [3.63, 3.8) is 0 Å². The third kappa shape index (κ3) is 3.42. The summed E-state index contributed by atoms with van der Waals surface area (Å²) >= 11 is 5.69. The summed E-state index contributed by atoms with van der Waals surface area (Å²) in [4.78, 5) is 1.85. The zero-order valence-electron chi connectivity index (χ0n) is 10.3. The van der Waals surface area contributed by atoms with Crippen LogP contribution >= 0.6 is 11.6 Å². The normalized spacial score (nSPS) is 21.4. The lowest BCUT2D eigenvalue weighted by atomic mass is 10.1. The van der Waals surface area contributed by atoms with E-state index in [0.29, 0.717) is 11.8 Å². The number of halogens is 3. The molecule has 1 aliphatic rings. The SMILES string of the molecule is FC(F)(CN1CCC(CCCl)C1)c1ccccc1. The van der Waals surface area contributed by atoms with E-state index in [2.05, 4.69) is 0 Å². The lowest BCUT2D eigenvalue weighted by molar-refractivity contribution is -0.0335. The Bertz CT molecular complexity index is 369. The molecule has 1 aromatic carbocycles. The summed E-state index contributed by atoms with van der Waals surface area (Å²) in [5, 5.41) is 0. The second kappa shape index (κ2) is 5.98. The molecule has 0 amide bonds. The molecule has 18 heavy (non-hydrogen) atoms. The highest BCUT2D eigenvalue weighted by Gasteiger charge is 2.36. The van der Waals surface area contributed by atoms with Crippen molar-refractivity contribution in [2.75, 3.05) is 25.5 Å². The zero-order valence-corrected chi connectivity index (χ0v) is 11.0. The Morgan fingerprint density at radius 1 is 1.28 bits per heavy atom. The molecule has 1 saturated heterocycles. The second-order valence-electron chi connectivity index (χ2n) is 4.94. The van der Waals surface area contributed by atoms with E-state index in [1.807, 2.05) is 4.90 Å². The van der Waals surface area contributed by atoms with E-state index in [4.69, 9.17) is 11.6 Å². The maximum absolute atomic E-state index is 14.1. The molecule has 1 fully saturated rings. The first-order valence-electron chi connectivity index (χ1n) is 6.33. The zero-order chi connectivity index (χ0) is 13.0. The van der Waals surface area contributed by atoms with Crippen LogP contribution in [0.5, 0.6) is 0 Å². The lowest BCUT2D eigenvalue weighted by Gasteiger charge is -2.23. The van der Waals surface area contributed by atoms with Gasteiger partial charge in [0.05, 0.1) is 6.54 Å². The van der Waals surface area contributed by atoms with E-state index < -0.39 is 5.92 Å². The summed E-state index contributed by atoms with van der Waals surface area (Å²) in [6.07, 6.45) is 1.91. The Morgan fingerprint density at radius 2 is 2.00 bits per heavy atom. The molecule has 4 heteroatoms. The van der Waals surface area contributed by atoms with E-state index >= 15 is 0 Å². The summed E-state index contributed by atoms with van der Waals surface area (Å²) in [5.74, 6) is -1.67. The van der Waals surface area contributed by atoms with Crippen LogP contribution < -0.4 is 0 Å².